The SMILES string of the molecule is CC(C)(C(N)=O)c1cccc(Nc2nc(N[C@@H]3CCCC[C@@H]3N)ncc2C(N)=O)c1. The van der Waals surface area contributed by atoms with Gasteiger partial charge in [0.1, 0.15) is 11.4 Å². The number of nitrogens with two attached hydrogens (primary N) is 3. The Morgan fingerprint density at radius 1 is 1.17 bits per heavy atom. The van der Waals surface area contributed by atoms with Crippen LogP contribution in [0.3, 0.4) is 0 Å². The average Bonchev–Trinajstić information content (AvgIpc) is 2.70. The molecule has 2 aromatic rings. The maximum atomic E-state index is 11.9. The van der Waals surface area contributed by atoms with Gasteiger partial charge >= 0.3 is 0 Å². The van der Waals surface area contributed by atoms with Crippen molar-refractivity contribution in [2.75, 3.05) is 10.6 Å². The molecule has 0 aliphatic heterocycles. The van der Waals surface area contributed by atoms with Gasteiger partial charge in [-0.25, -0.2) is 4.98 Å². The largest absolute Gasteiger partial charge is 0.369 e. The van der Waals surface area contributed by atoms with Gasteiger partial charge in [0.05, 0.1) is 5.41 Å². The summed E-state index contributed by atoms with van der Waals surface area (Å²) in [6, 6.07) is 7.32. The van der Waals surface area contributed by atoms with Crippen LogP contribution < -0.4 is 27.8 Å². The number of anilines is 3. The van der Waals surface area contributed by atoms with Crippen LogP contribution in [0.25, 0.3) is 0 Å². The molecule has 1 fully saturated rings. The van der Waals surface area contributed by atoms with Crippen LogP contribution >= 0.6 is 0 Å². The number of nitrogens with zero attached hydrogens (tertiary/aromatic N) is 2. The Balaban J connectivity index is 1.89. The summed E-state index contributed by atoms with van der Waals surface area (Å²) >= 11 is 0. The van der Waals surface area contributed by atoms with Crippen molar-refractivity contribution < 1.29 is 9.59 Å². The highest BCUT2D eigenvalue weighted by atomic mass is 16.1. The van der Waals surface area contributed by atoms with Crippen molar-refractivity contribution in [1.29, 1.82) is 0 Å². The van der Waals surface area contributed by atoms with Crippen molar-refractivity contribution in [3.8, 4) is 0 Å². The molecule has 30 heavy (non-hydrogen) atoms. The quantitative estimate of drug-likeness (QED) is 0.463. The minimum absolute atomic E-state index is 0.0299. The standard InChI is InChI=1S/C21H29N7O2/c1-21(2,19(24)30)12-6-5-7-13(10-12)26-18-14(17(23)29)11-25-20(28-18)27-16-9-4-3-8-15(16)22/h5-7,10-11,15-16H,3-4,8-9,22H2,1-2H3,(H2,23,29)(H2,24,30)(H2,25,26,27,28)/t15-,16+/m0/s1. The molecule has 0 radical (unpaired) electrons. The number of amides is 2. The Kier molecular flexibility index (Phi) is 6.21. The predicted octanol–water partition coefficient (Wildman–Crippen LogP) is 1.76. The van der Waals surface area contributed by atoms with Crippen LogP contribution in [0.5, 0.6) is 0 Å². The number of hydrogen-bond acceptors (Lipinski definition) is 7. The smallest absolute Gasteiger partial charge is 0.254 e. The van der Waals surface area contributed by atoms with Crippen LogP contribution in [0.4, 0.5) is 17.5 Å². The maximum absolute atomic E-state index is 11.9. The van der Waals surface area contributed by atoms with E-state index < -0.39 is 17.2 Å². The highest BCUT2D eigenvalue weighted by Crippen LogP contribution is 2.28. The number of hydrogen-bond donors (Lipinski definition) is 5. The van der Waals surface area contributed by atoms with Crippen LogP contribution in [0.15, 0.2) is 30.5 Å². The van der Waals surface area contributed by atoms with E-state index in [1.165, 1.54) is 6.20 Å². The normalized spacial score (nSPS) is 19.2. The zero-order valence-electron chi connectivity index (χ0n) is 17.3. The van der Waals surface area contributed by atoms with E-state index in [4.69, 9.17) is 17.2 Å². The first-order valence-electron chi connectivity index (χ1n) is 10.0. The first-order chi connectivity index (χ1) is 14.2. The molecule has 2 atom stereocenters. The van der Waals surface area contributed by atoms with Gasteiger partial charge in [-0.3, -0.25) is 9.59 Å². The Morgan fingerprint density at radius 2 is 1.90 bits per heavy atom. The fourth-order valence-electron chi connectivity index (χ4n) is 3.50. The van der Waals surface area contributed by atoms with E-state index in [0.29, 0.717) is 11.6 Å². The van der Waals surface area contributed by atoms with Gasteiger partial charge in [0.2, 0.25) is 11.9 Å². The van der Waals surface area contributed by atoms with Crippen LogP contribution in [-0.4, -0.2) is 33.9 Å². The minimum Gasteiger partial charge on any atom is -0.369 e. The van der Waals surface area contributed by atoms with Crippen molar-refractivity contribution in [2.24, 2.45) is 17.2 Å². The summed E-state index contributed by atoms with van der Waals surface area (Å²) in [6.45, 7) is 3.51. The van der Waals surface area contributed by atoms with Gasteiger partial charge in [-0.15, -0.1) is 0 Å². The summed E-state index contributed by atoms with van der Waals surface area (Å²) in [5.74, 6) is -0.432. The van der Waals surface area contributed by atoms with Gasteiger partial charge in [-0.2, -0.15) is 4.98 Å². The zero-order chi connectivity index (χ0) is 21.9. The fraction of sp³-hybridized carbons (Fsp3) is 0.429. The van der Waals surface area contributed by atoms with E-state index in [0.717, 1.165) is 31.2 Å². The Hall–Kier alpha value is -3.20. The van der Waals surface area contributed by atoms with E-state index in [9.17, 15) is 9.59 Å². The third-order valence-corrected chi connectivity index (χ3v) is 5.65. The number of primary amides is 2. The van der Waals surface area contributed by atoms with E-state index in [2.05, 4.69) is 20.6 Å². The lowest BCUT2D eigenvalue weighted by molar-refractivity contribution is -0.122. The topological polar surface area (TPSA) is 162 Å². The Bertz CT molecular complexity index is 945. The van der Waals surface area contributed by atoms with Crippen LogP contribution in [-0.2, 0) is 10.2 Å². The van der Waals surface area contributed by atoms with Crippen molar-refractivity contribution in [3.63, 3.8) is 0 Å². The number of nitrogens with one attached hydrogen (secondary N) is 2. The molecule has 1 heterocycles. The Labute approximate surface area is 175 Å². The summed E-state index contributed by atoms with van der Waals surface area (Å²) in [5, 5.41) is 6.39. The van der Waals surface area contributed by atoms with Gasteiger partial charge in [0.25, 0.3) is 5.91 Å². The third kappa shape index (κ3) is 4.68. The summed E-state index contributed by atoms with van der Waals surface area (Å²) in [7, 11) is 0. The highest BCUT2D eigenvalue weighted by Gasteiger charge is 2.27. The molecule has 2 amide bonds. The van der Waals surface area contributed by atoms with Crippen molar-refractivity contribution in [2.45, 2.75) is 57.0 Å². The van der Waals surface area contributed by atoms with Gasteiger partial charge in [0.15, 0.2) is 0 Å². The number of carbonyl (C=O) groups excluding carboxylic acids is 2. The highest BCUT2D eigenvalue weighted by molar-refractivity contribution is 5.98. The number of rotatable bonds is 7. The maximum Gasteiger partial charge on any atom is 0.254 e. The molecule has 0 spiro atoms. The molecule has 9 heteroatoms. The second kappa shape index (κ2) is 8.66. The second-order valence-electron chi connectivity index (χ2n) is 8.21. The monoisotopic (exact) mass is 411 g/mol. The Morgan fingerprint density at radius 3 is 2.57 bits per heavy atom. The number of aromatic nitrogens is 2. The van der Waals surface area contributed by atoms with Gasteiger partial charge < -0.3 is 27.8 Å². The van der Waals surface area contributed by atoms with E-state index in [-0.39, 0.29) is 23.5 Å². The molecule has 0 unspecified atom stereocenters. The van der Waals surface area contributed by atoms with Crippen molar-refractivity contribution in [3.05, 3.63) is 41.6 Å². The van der Waals surface area contributed by atoms with E-state index in [1.54, 1.807) is 32.0 Å². The summed E-state index contributed by atoms with van der Waals surface area (Å²) in [4.78, 5) is 32.4. The molecule has 160 valence electrons. The lowest BCUT2D eigenvalue weighted by Crippen LogP contribution is -2.43. The number of carbonyl (C=O) groups is 2. The molecule has 0 saturated heterocycles. The van der Waals surface area contributed by atoms with Crippen LogP contribution in [0.2, 0.25) is 0 Å². The molecule has 1 saturated carbocycles. The first kappa shape index (κ1) is 21.5. The molecule has 3 rings (SSSR count). The van der Waals surface area contributed by atoms with Crippen LogP contribution in [0, 0.1) is 0 Å². The lowest BCUT2D eigenvalue weighted by atomic mass is 9.84. The molecule has 1 aliphatic carbocycles. The number of benzene rings is 1. The molecule has 8 N–H and O–H groups in total. The van der Waals surface area contributed by atoms with Gasteiger partial charge in [-0.1, -0.05) is 25.0 Å². The summed E-state index contributed by atoms with van der Waals surface area (Å²) in [5.41, 5.74) is 17.9. The van der Waals surface area contributed by atoms with Gasteiger partial charge in [-0.05, 0) is 44.4 Å². The fourth-order valence-corrected chi connectivity index (χ4v) is 3.50. The predicted molar refractivity (Wildman–Crippen MR) is 116 cm³/mol. The lowest BCUT2D eigenvalue weighted by Gasteiger charge is -2.29. The molecular weight excluding hydrogens is 382 g/mol. The van der Waals surface area contributed by atoms with E-state index in [1.807, 2.05) is 6.07 Å². The van der Waals surface area contributed by atoms with Gasteiger partial charge in [0, 0.05) is 24.0 Å². The summed E-state index contributed by atoms with van der Waals surface area (Å²) in [6.07, 6.45) is 5.50. The molecule has 9 nitrogen and oxygen atoms in total. The van der Waals surface area contributed by atoms with Crippen LogP contribution in [0.1, 0.15) is 55.5 Å². The van der Waals surface area contributed by atoms with Crippen molar-refractivity contribution in [1.82, 2.24) is 9.97 Å². The average molecular weight is 412 g/mol. The molecular formula is C21H29N7O2. The molecule has 0 bridgehead atoms. The van der Waals surface area contributed by atoms with Crippen molar-refractivity contribution >= 4 is 29.3 Å². The third-order valence-electron chi connectivity index (χ3n) is 5.65. The summed E-state index contributed by atoms with van der Waals surface area (Å²) < 4.78 is 0. The minimum atomic E-state index is -0.848. The molecule has 1 aromatic heterocycles. The zero-order valence-corrected chi connectivity index (χ0v) is 17.3. The second-order valence-corrected chi connectivity index (χ2v) is 8.21. The van der Waals surface area contributed by atoms with E-state index >= 15 is 0 Å². The molecule has 1 aliphatic rings. The first-order valence-corrected chi connectivity index (χ1v) is 10.0. The molecule has 1 aromatic carbocycles.